The van der Waals surface area contributed by atoms with Gasteiger partial charge in [-0.05, 0) is 47.9 Å². The van der Waals surface area contributed by atoms with Gasteiger partial charge in [0.2, 0.25) is 5.95 Å². The van der Waals surface area contributed by atoms with Gasteiger partial charge < -0.3 is 15.6 Å². The average Bonchev–Trinajstić information content (AvgIpc) is 3.02. The summed E-state index contributed by atoms with van der Waals surface area (Å²) in [5, 5.41) is 11.1. The first-order valence-electron chi connectivity index (χ1n) is 7.75. The molecule has 12 heteroatoms. The number of carbonyl (C=O) groups excluding carboxylic acids is 1. The Morgan fingerprint density at radius 3 is 2.38 bits per heavy atom. The summed E-state index contributed by atoms with van der Waals surface area (Å²) in [5.74, 6) is -3.65. The van der Waals surface area contributed by atoms with Crippen LogP contribution in [0.3, 0.4) is 0 Å². The summed E-state index contributed by atoms with van der Waals surface area (Å²) in [6.45, 7) is 1.54. The molecule has 0 bridgehead atoms. The lowest BCUT2D eigenvalue weighted by Gasteiger charge is -2.09. The van der Waals surface area contributed by atoms with E-state index in [9.17, 15) is 22.4 Å². The van der Waals surface area contributed by atoms with Crippen LogP contribution in [-0.2, 0) is 9.53 Å². The molecule has 3 rings (SSSR count). The van der Waals surface area contributed by atoms with Crippen molar-refractivity contribution < 1.29 is 37.0 Å². The lowest BCUT2D eigenvalue weighted by atomic mass is 10.00. The van der Waals surface area contributed by atoms with Gasteiger partial charge in [-0.15, -0.1) is 5.10 Å². The number of halogens is 4. The quantitative estimate of drug-likeness (QED) is 0.489. The van der Waals surface area contributed by atoms with E-state index in [1.54, 1.807) is 24.4 Å². The summed E-state index contributed by atoms with van der Waals surface area (Å²) in [4.78, 5) is 24.7. The average molecular weight is 414 g/mol. The van der Waals surface area contributed by atoms with Crippen molar-refractivity contribution in [2.24, 2.45) is 0 Å². The number of nitrogens with zero attached hydrogens (tertiary/aromatic N) is 3. The summed E-state index contributed by atoms with van der Waals surface area (Å²) in [5.41, 5.74) is 7.77. The first-order chi connectivity index (χ1) is 13.4. The summed E-state index contributed by atoms with van der Waals surface area (Å²) in [7, 11) is 1.26. The Morgan fingerprint density at radius 2 is 1.83 bits per heavy atom. The minimum Gasteiger partial charge on any atom is -0.475 e. The molecule has 1 aromatic carbocycles. The van der Waals surface area contributed by atoms with Crippen LogP contribution in [0.1, 0.15) is 15.9 Å². The maximum atomic E-state index is 14.1. The molecule has 2 aromatic heterocycles. The van der Waals surface area contributed by atoms with Gasteiger partial charge in [0.25, 0.3) is 0 Å². The van der Waals surface area contributed by atoms with Crippen molar-refractivity contribution in [3.63, 3.8) is 0 Å². The van der Waals surface area contributed by atoms with Crippen LogP contribution < -0.4 is 5.73 Å². The van der Waals surface area contributed by atoms with E-state index in [2.05, 4.69) is 14.8 Å². The Morgan fingerprint density at radius 1 is 1.21 bits per heavy atom. The van der Waals surface area contributed by atoms with Crippen molar-refractivity contribution in [3.05, 3.63) is 47.4 Å². The van der Waals surface area contributed by atoms with E-state index >= 15 is 0 Å². The Bertz CT molecular complexity index is 1080. The lowest BCUT2D eigenvalue weighted by Crippen LogP contribution is -2.21. The monoisotopic (exact) mass is 414 g/mol. The van der Waals surface area contributed by atoms with Crippen LogP contribution in [0, 0.1) is 12.7 Å². The number of carbonyl (C=O) groups is 2. The van der Waals surface area contributed by atoms with Gasteiger partial charge in [-0.1, -0.05) is 0 Å². The van der Waals surface area contributed by atoms with Gasteiger partial charge in [0.15, 0.2) is 5.65 Å². The van der Waals surface area contributed by atoms with Crippen LogP contribution in [0.2, 0.25) is 0 Å². The highest BCUT2D eigenvalue weighted by atomic mass is 19.4. The van der Waals surface area contributed by atoms with E-state index in [1.165, 1.54) is 24.6 Å². The third kappa shape index (κ3) is 4.97. The normalized spacial score (nSPS) is 11.0. The highest BCUT2D eigenvalue weighted by Crippen LogP contribution is 2.26. The van der Waals surface area contributed by atoms with Gasteiger partial charge in [0.1, 0.15) is 5.82 Å². The van der Waals surface area contributed by atoms with Gasteiger partial charge in [0, 0.05) is 6.20 Å². The number of methoxy groups -OCH3 is 1. The smallest absolute Gasteiger partial charge is 0.475 e. The summed E-state index contributed by atoms with van der Waals surface area (Å²) < 4.78 is 52.0. The fraction of sp³-hybridized carbons (Fsp3) is 0.176. The molecule has 0 unspecified atom stereocenters. The van der Waals surface area contributed by atoms with Gasteiger partial charge in [0.05, 0.1) is 12.7 Å². The molecule has 0 aliphatic heterocycles. The second-order valence-corrected chi connectivity index (χ2v) is 5.61. The first-order valence-corrected chi connectivity index (χ1v) is 7.75. The first kappa shape index (κ1) is 21.6. The molecular weight excluding hydrogens is 400 g/mol. The zero-order chi connectivity index (χ0) is 21.9. The number of esters is 1. The van der Waals surface area contributed by atoms with Crippen LogP contribution in [0.4, 0.5) is 23.5 Å². The number of aliphatic carboxylic acids is 1. The van der Waals surface area contributed by atoms with Crippen LogP contribution >= 0.6 is 0 Å². The zero-order valence-corrected chi connectivity index (χ0v) is 15.0. The number of aromatic nitrogens is 3. The van der Waals surface area contributed by atoms with Crippen LogP contribution in [0.25, 0.3) is 16.8 Å². The highest BCUT2D eigenvalue weighted by molar-refractivity contribution is 5.92. The van der Waals surface area contributed by atoms with Crippen molar-refractivity contribution in [2.75, 3.05) is 12.8 Å². The molecule has 3 N–H and O–H groups in total. The third-order valence-corrected chi connectivity index (χ3v) is 3.68. The second kappa shape index (κ2) is 8.12. The molecule has 0 saturated carbocycles. The molecule has 0 fully saturated rings. The number of benzene rings is 1. The fourth-order valence-corrected chi connectivity index (χ4v) is 2.25. The maximum Gasteiger partial charge on any atom is 0.490 e. The van der Waals surface area contributed by atoms with Crippen LogP contribution in [0.5, 0.6) is 0 Å². The number of alkyl halides is 3. The van der Waals surface area contributed by atoms with Gasteiger partial charge in [-0.3, -0.25) is 0 Å². The van der Waals surface area contributed by atoms with E-state index in [4.69, 9.17) is 15.6 Å². The summed E-state index contributed by atoms with van der Waals surface area (Å²) in [6.07, 6.45) is -3.41. The number of anilines is 1. The Balaban J connectivity index is 0.000000370. The van der Waals surface area contributed by atoms with Gasteiger partial charge >= 0.3 is 18.1 Å². The van der Waals surface area contributed by atoms with Crippen molar-refractivity contribution in [2.45, 2.75) is 13.1 Å². The number of rotatable bonds is 2. The predicted octanol–water partition coefficient (Wildman–Crippen LogP) is 2.85. The molecule has 0 aliphatic rings. The second-order valence-electron chi connectivity index (χ2n) is 5.61. The third-order valence-electron chi connectivity index (χ3n) is 3.68. The molecule has 0 atom stereocenters. The number of ether oxygens (including phenoxy) is 1. The molecule has 0 aliphatic carbocycles. The number of hydrogen-bond donors (Lipinski definition) is 2. The number of carboxylic acids is 1. The molecule has 154 valence electrons. The van der Waals surface area contributed by atoms with E-state index < -0.39 is 23.9 Å². The zero-order valence-electron chi connectivity index (χ0n) is 15.0. The molecule has 3 aromatic rings. The minimum absolute atomic E-state index is 0.155. The van der Waals surface area contributed by atoms with Crippen molar-refractivity contribution in [1.29, 1.82) is 0 Å². The molecule has 0 amide bonds. The van der Waals surface area contributed by atoms with Crippen LogP contribution in [-0.4, -0.2) is 44.9 Å². The van der Waals surface area contributed by atoms with Gasteiger partial charge in [-0.2, -0.15) is 18.2 Å². The summed E-state index contributed by atoms with van der Waals surface area (Å²) in [6, 6.07) is 6.42. The van der Waals surface area contributed by atoms with E-state index in [1.807, 2.05) is 0 Å². The Hall–Kier alpha value is -3.70. The topological polar surface area (TPSA) is 120 Å². The van der Waals surface area contributed by atoms with Crippen molar-refractivity contribution in [1.82, 2.24) is 14.6 Å². The molecule has 2 heterocycles. The van der Waals surface area contributed by atoms with E-state index in [0.29, 0.717) is 16.8 Å². The number of carboxylic acid groups (broad SMARTS) is 1. The molecule has 29 heavy (non-hydrogen) atoms. The standard InChI is InChI=1S/C15H13FN4O2.C2HF3O2/c1-8-11(14(21)22-2)5-10(6-12(8)16)9-3-4-20-13(7-9)18-15(17)19-20;3-2(4,5)1(6)7/h3-7H,1-2H3,(H2,17,19);(H,6,7). The SMILES string of the molecule is COC(=O)c1cc(-c2ccn3nc(N)nc3c2)cc(F)c1C.O=C(O)C(F)(F)F. The number of fused-ring (bicyclic) bond motifs is 1. The lowest BCUT2D eigenvalue weighted by molar-refractivity contribution is -0.192. The molecular formula is C17H14F4N4O4. The molecule has 0 saturated heterocycles. The van der Waals surface area contributed by atoms with Crippen molar-refractivity contribution >= 4 is 23.5 Å². The number of nitrogens with two attached hydrogens (primary N) is 1. The predicted molar refractivity (Wildman–Crippen MR) is 92.6 cm³/mol. The van der Waals surface area contributed by atoms with Crippen molar-refractivity contribution in [3.8, 4) is 11.1 Å². The largest absolute Gasteiger partial charge is 0.490 e. The number of hydrogen-bond acceptors (Lipinski definition) is 6. The maximum absolute atomic E-state index is 14.1. The number of nitrogen functional groups attached to an aromatic ring is 1. The van der Waals surface area contributed by atoms with Crippen LogP contribution in [0.15, 0.2) is 30.5 Å². The number of pyridine rings is 1. The van der Waals surface area contributed by atoms with Gasteiger partial charge in [-0.25, -0.2) is 18.5 Å². The molecule has 0 spiro atoms. The molecule has 8 nitrogen and oxygen atoms in total. The molecule has 0 radical (unpaired) electrons. The fourth-order valence-electron chi connectivity index (χ4n) is 2.25. The van der Waals surface area contributed by atoms with E-state index in [-0.39, 0.29) is 17.1 Å². The Kier molecular flexibility index (Phi) is 6.05. The summed E-state index contributed by atoms with van der Waals surface area (Å²) >= 11 is 0. The van der Waals surface area contributed by atoms with E-state index in [0.717, 1.165) is 0 Å². The minimum atomic E-state index is -5.08. The Labute approximate surface area is 160 Å². The highest BCUT2D eigenvalue weighted by Gasteiger charge is 2.38.